The smallest absolute Gasteiger partial charge is 0.0737 e. The molecule has 0 saturated carbocycles. The first-order valence-corrected chi connectivity index (χ1v) is 42.6. The highest BCUT2D eigenvalue weighted by Crippen LogP contribution is 2.48. The van der Waals surface area contributed by atoms with Gasteiger partial charge in [0.25, 0.3) is 0 Å². The lowest BCUT2D eigenvalue weighted by Crippen LogP contribution is -2.20. The van der Waals surface area contributed by atoms with Crippen LogP contribution in [0.5, 0.6) is 0 Å². The van der Waals surface area contributed by atoms with Crippen molar-refractivity contribution < 1.29 is 0 Å². The largest absolute Gasteiger partial charge is 0.354 e. The molecule has 3 aliphatic heterocycles. The van der Waals surface area contributed by atoms with E-state index >= 15 is 0 Å². The van der Waals surface area contributed by atoms with E-state index < -0.39 is 0 Å². The maximum Gasteiger partial charge on any atom is 0.0737 e. The van der Waals surface area contributed by atoms with Gasteiger partial charge in [-0.15, -0.1) is 0 Å². The molecule has 16 aromatic rings. The summed E-state index contributed by atoms with van der Waals surface area (Å²) in [5.41, 5.74) is 21.8. The zero-order valence-electron chi connectivity index (χ0n) is 62.6. The lowest BCUT2D eigenvalue weighted by Gasteiger charge is -2.15. The molecule has 0 atom stereocenters. The topological polar surface area (TPSA) is 87.9 Å². The van der Waals surface area contributed by atoms with E-state index in [1.54, 1.807) is 0 Å². The number of nitrogens with zero attached hydrogens (tertiary/aromatic N) is 2. The average molecular weight is 1790 g/mol. The Bertz CT molecular complexity index is 6800. The van der Waals surface area contributed by atoms with E-state index in [0.29, 0.717) is 227 Å². The first kappa shape index (κ1) is 78.8. The Morgan fingerprint density at radius 1 is 0.167 bits per heavy atom. The van der Waals surface area contributed by atoms with Gasteiger partial charge in [0.05, 0.1) is 83.1 Å². The third-order valence-corrected chi connectivity index (χ3v) is 25.1. The molecule has 6 nitrogen and oxygen atoms in total. The Morgan fingerprint density at radius 2 is 0.350 bits per heavy atom. The van der Waals surface area contributed by atoms with E-state index in [-0.39, 0.29) is 0 Å². The predicted molar refractivity (Wildman–Crippen MR) is 506 cm³/mol. The van der Waals surface area contributed by atoms with Crippen molar-refractivity contribution in [2.75, 3.05) is 0 Å². The van der Waals surface area contributed by atoms with E-state index in [0.717, 1.165) is 33.4 Å². The van der Waals surface area contributed by atoms with Crippen LogP contribution in [0.2, 0.25) is 60.3 Å². The highest BCUT2D eigenvalue weighted by atomic mass is 35.5. The van der Waals surface area contributed by atoms with E-state index in [2.05, 4.69) is 19.9 Å². The first-order valence-electron chi connectivity index (χ1n) is 38.0. The van der Waals surface area contributed by atoms with Gasteiger partial charge in [-0.3, -0.25) is 0 Å². The van der Waals surface area contributed by atoms with E-state index in [4.69, 9.17) is 149 Å². The zero-order chi connectivity index (χ0) is 82.1. The number of hydrogen-bond acceptors (Lipinski definition) is 2. The number of rotatable bonds is 12. The van der Waals surface area contributed by atoms with E-state index in [1.165, 1.54) is 0 Å². The minimum Gasteiger partial charge on any atom is -0.354 e. The minimum atomic E-state index is 0.414. The number of hydrogen-bond donors (Lipinski definition) is 4. The molecule has 0 aliphatic carbocycles. The predicted octanol–water partition coefficient (Wildman–Crippen LogP) is 29.0. The summed E-state index contributed by atoms with van der Waals surface area (Å²) in [5, 5.41) is 7.58. The molecule has 0 radical (unpaired) electrons. The van der Waals surface area contributed by atoms with Crippen LogP contribution in [0.1, 0.15) is 56.2 Å². The summed E-state index contributed by atoms with van der Waals surface area (Å²) in [6, 6.07) is 98.2. The second-order valence-corrected chi connectivity index (χ2v) is 33.8. The van der Waals surface area contributed by atoms with E-state index in [9.17, 15) is 0 Å². The molecular weight excluding hydrogens is 1730 g/mol. The van der Waals surface area contributed by atoms with Crippen molar-refractivity contribution >= 4 is 184 Å². The summed E-state index contributed by atoms with van der Waals surface area (Å²) < 4.78 is 0. The van der Waals surface area contributed by atoms with E-state index in [1.807, 2.05) is 328 Å². The summed E-state index contributed by atoms with van der Waals surface area (Å²) in [6.45, 7) is 0. The number of aliphatic imine (C=N–C) groups is 2. The number of aromatic nitrogens is 4. The normalized spacial score (nSPS) is 13.4. The summed E-state index contributed by atoms with van der Waals surface area (Å²) in [7, 11) is 0. The van der Waals surface area contributed by atoms with Gasteiger partial charge in [0.15, 0.2) is 0 Å². The number of aromatic amines is 4. The number of H-pyrrole nitrogens is 4. The van der Waals surface area contributed by atoms with Crippen LogP contribution in [-0.4, -0.2) is 31.4 Å². The molecule has 580 valence electrons. The maximum absolute atomic E-state index is 7.56. The van der Waals surface area contributed by atoms with Crippen molar-refractivity contribution in [2.24, 2.45) is 9.98 Å². The van der Waals surface area contributed by atoms with Crippen molar-refractivity contribution in [3.63, 3.8) is 0 Å². The molecule has 19 rings (SSSR count). The van der Waals surface area contributed by atoms with Gasteiger partial charge in [-0.05, 0) is 212 Å². The van der Waals surface area contributed by atoms with Gasteiger partial charge in [0.1, 0.15) is 0 Å². The van der Waals surface area contributed by atoms with Gasteiger partial charge in [-0.2, -0.15) is 0 Å². The maximum atomic E-state index is 7.56. The molecule has 7 heterocycles. The van der Waals surface area contributed by atoms with Gasteiger partial charge < -0.3 is 19.9 Å². The Morgan fingerprint density at radius 3 is 0.567 bits per heavy atom. The molecule has 0 fully saturated rings. The summed E-state index contributed by atoms with van der Waals surface area (Å²) in [5.74, 6) is 0. The number of halogens is 12. The van der Waals surface area contributed by atoms with Crippen LogP contribution in [0.15, 0.2) is 349 Å². The third kappa shape index (κ3) is 15.0. The fourth-order valence-corrected chi connectivity index (χ4v) is 20.5. The third-order valence-electron chi connectivity index (χ3n) is 21.6. The molecule has 0 amide bonds. The molecular formula is C102H58Cl12N6. The van der Waals surface area contributed by atoms with Gasteiger partial charge >= 0.3 is 0 Å². The molecule has 120 heavy (non-hydrogen) atoms. The zero-order valence-corrected chi connectivity index (χ0v) is 71.7. The molecule has 18 heteroatoms. The fraction of sp³-hybridized carbons (Fsp3) is 0. The van der Waals surface area contributed by atoms with Crippen LogP contribution in [0.4, 0.5) is 0 Å². The number of nitrogens with one attached hydrogen (secondary N) is 4. The molecule has 4 N–H and O–H groups in total. The van der Waals surface area contributed by atoms with Crippen LogP contribution in [0.25, 0.3) is 100 Å². The van der Waals surface area contributed by atoms with Crippen LogP contribution in [0.3, 0.4) is 0 Å². The molecule has 0 unspecified atom stereocenters. The van der Waals surface area contributed by atoms with Gasteiger partial charge in [0.2, 0.25) is 0 Å². The quantitative estimate of drug-likeness (QED) is 0.0939. The summed E-state index contributed by atoms with van der Waals surface area (Å²) in [4.78, 5) is 27.1. The minimum absolute atomic E-state index is 0.414. The van der Waals surface area contributed by atoms with Crippen LogP contribution >= 0.6 is 139 Å². The summed E-state index contributed by atoms with van der Waals surface area (Å²) >= 11 is 90.7. The Labute approximate surface area is 750 Å². The second-order valence-electron chi connectivity index (χ2n) is 28.9. The monoisotopic (exact) mass is 1790 g/mol. The van der Waals surface area contributed by atoms with Crippen molar-refractivity contribution in [1.29, 1.82) is 0 Å². The van der Waals surface area contributed by atoms with Crippen molar-refractivity contribution in [1.82, 2.24) is 19.9 Å². The molecule has 12 aromatic carbocycles. The number of allylic oxidation sites excluding steroid dienone is 4. The van der Waals surface area contributed by atoms with Crippen LogP contribution in [0, 0.1) is 0 Å². The van der Waals surface area contributed by atoms with Crippen molar-refractivity contribution in [3.8, 4) is 66.8 Å². The Kier molecular flexibility index (Phi) is 21.8. The van der Waals surface area contributed by atoms with Crippen molar-refractivity contribution in [3.05, 3.63) is 477 Å². The fourth-order valence-electron chi connectivity index (χ4n) is 16.3. The molecule has 3 aliphatic rings. The standard InChI is InChI=1S/C102H58Cl12N6/c103-67-43-61(44-68(104)91(67)55-19-7-1-8-20-55)97-79-31-33-81(115-79)98(62-45-69(105)92(70(106)46-62)56-21-9-2-10-22-56)83-35-37-85(117-83)100(64-49-73(109)94(74(110)50-64)58-25-13-4-14-26-58)87-39-41-89(119-87)102(66-53-77(113)96(78(114)54-66)60-29-17-6-18-30-60)90-42-40-88(120-90)101(65-51-75(111)95(76(112)52-65)59-27-15-5-16-28-59)86-38-36-84(118-86)99(82-34-32-80(97)116-82)63-47-71(107)93(72(108)48-63)57-23-11-3-12-24-57/h1-54,115-116,119-120H. The van der Waals surface area contributed by atoms with Crippen LogP contribution < -0.4 is 21.4 Å². The van der Waals surface area contributed by atoms with Gasteiger partial charge in [-0.1, -0.05) is 321 Å². The molecule has 0 saturated heterocycles. The van der Waals surface area contributed by atoms with Gasteiger partial charge in [-0.25, -0.2) is 9.98 Å². The highest BCUT2D eigenvalue weighted by molar-refractivity contribution is 6.44. The number of fused-ring (bicyclic) bond motifs is 10. The van der Waals surface area contributed by atoms with Gasteiger partial charge in [0, 0.05) is 111 Å². The second kappa shape index (κ2) is 33.2. The van der Waals surface area contributed by atoms with Crippen LogP contribution in [-0.2, 0) is 0 Å². The Hall–Kier alpha value is -11.0. The molecule has 4 aromatic heterocycles. The molecule has 0 spiro atoms. The highest BCUT2D eigenvalue weighted by Gasteiger charge is 2.29. The average Bonchev–Trinajstić information content (AvgIpc) is 1.59. The number of benzene rings is 12. The summed E-state index contributed by atoms with van der Waals surface area (Å²) in [6.07, 6.45) is 7.94. The first-order chi connectivity index (χ1) is 58.4. The Balaban J connectivity index is 0.943. The van der Waals surface area contributed by atoms with Crippen molar-refractivity contribution in [2.45, 2.75) is 0 Å². The lowest BCUT2D eigenvalue weighted by molar-refractivity contribution is 1.22. The SMILES string of the molecule is Clc1cc(C2=C3C=CC(=N3)C(c3cc(Cl)c(-c4ccccc4)c(Cl)c3)=c3ccc([nH]3)=C(c3cc(Cl)c(-c4ccccc4)c(Cl)c3)c3ccc([nH]3)C(c3cc(Cl)c(-c4ccccc4)c(Cl)c3)=C3C=CC(=N3)C(c3cc(Cl)c(-c4ccccc4)c(Cl)c3)=c3ccc([nH]3)=C(c3cc(Cl)c(-c4ccccc4)c(Cl)c3)c3ccc2[nH]3)cc(Cl)c1-c1ccccc1. The molecule has 12 bridgehead atoms. The lowest BCUT2D eigenvalue weighted by atomic mass is 9.97.